The smallest absolute Gasteiger partial charge is 0.215 e. The van der Waals surface area contributed by atoms with Gasteiger partial charge in [0, 0.05) is 5.69 Å². The van der Waals surface area contributed by atoms with Gasteiger partial charge in [-0.1, -0.05) is 6.07 Å². The van der Waals surface area contributed by atoms with Crippen molar-refractivity contribution in [3.8, 4) is 0 Å². The molecule has 3 nitrogen and oxygen atoms in total. The van der Waals surface area contributed by atoms with Gasteiger partial charge in [0.15, 0.2) is 5.81 Å². The SMILES string of the molecule is BC(=O)N1C2CCC1c1cc(N)ccc12. The molecule has 2 aliphatic rings. The molecule has 1 aromatic carbocycles. The fourth-order valence-corrected chi connectivity index (χ4v) is 3.05. The second-order valence-electron chi connectivity index (χ2n) is 4.42. The number of amides is 1. The molecule has 0 aromatic heterocycles. The molecule has 2 atom stereocenters. The van der Waals surface area contributed by atoms with Crippen LogP contribution in [0.1, 0.15) is 36.1 Å². The van der Waals surface area contributed by atoms with Crippen LogP contribution in [-0.2, 0) is 0 Å². The maximum absolute atomic E-state index is 11.6. The van der Waals surface area contributed by atoms with Gasteiger partial charge in [0.1, 0.15) is 0 Å². The Hall–Kier alpha value is -1.45. The lowest BCUT2D eigenvalue weighted by molar-refractivity contribution is 0.207. The van der Waals surface area contributed by atoms with E-state index in [0.717, 1.165) is 18.5 Å². The van der Waals surface area contributed by atoms with Crippen molar-refractivity contribution in [1.82, 2.24) is 4.90 Å². The van der Waals surface area contributed by atoms with Gasteiger partial charge in [-0.25, -0.2) is 0 Å². The van der Waals surface area contributed by atoms with Crippen LogP contribution in [0.5, 0.6) is 0 Å². The van der Waals surface area contributed by atoms with Crippen molar-refractivity contribution >= 4 is 19.3 Å². The van der Waals surface area contributed by atoms with Crippen molar-refractivity contribution in [2.24, 2.45) is 0 Å². The molecule has 0 radical (unpaired) electrons. The molecule has 1 amide bonds. The Morgan fingerprint density at radius 2 is 2.00 bits per heavy atom. The van der Waals surface area contributed by atoms with Crippen LogP contribution in [0.15, 0.2) is 18.2 Å². The van der Waals surface area contributed by atoms with Gasteiger partial charge in [-0.15, -0.1) is 0 Å². The molecule has 15 heavy (non-hydrogen) atoms. The number of rotatable bonds is 0. The summed E-state index contributed by atoms with van der Waals surface area (Å²) in [5, 5.41) is 0. The number of fused-ring (bicyclic) bond motifs is 5. The molecular formula is C11H13BN2O. The zero-order valence-electron chi connectivity index (χ0n) is 8.73. The average molecular weight is 200 g/mol. The number of carbonyl (C=O) groups excluding carboxylic acids is 1. The van der Waals surface area contributed by atoms with Crippen molar-refractivity contribution in [3.05, 3.63) is 29.3 Å². The fourth-order valence-electron chi connectivity index (χ4n) is 3.05. The molecule has 2 heterocycles. The van der Waals surface area contributed by atoms with Gasteiger partial charge < -0.3 is 10.6 Å². The van der Waals surface area contributed by atoms with Crippen LogP contribution in [0, 0.1) is 0 Å². The zero-order valence-corrected chi connectivity index (χ0v) is 8.73. The van der Waals surface area contributed by atoms with E-state index in [4.69, 9.17) is 5.73 Å². The fraction of sp³-hybridized carbons (Fsp3) is 0.364. The van der Waals surface area contributed by atoms with Gasteiger partial charge in [0.05, 0.1) is 12.1 Å². The molecular weight excluding hydrogens is 187 g/mol. The summed E-state index contributed by atoms with van der Waals surface area (Å²) in [7, 11) is 1.65. The second-order valence-corrected chi connectivity index (χ2v) is 4.42. The topological polar surface area (TPSA) is 46.3 Å². The van der Waals surface area contributed by atoms with Crippen molar-refractivity contribution in [1.29, 1.82) is 0 Å². The van der Waals surface area contributed by atoms with Gasteiger partial charge in [0.25, 0.3) is 0 Å². The largest absolute Gasteiger partial charge is 0.399 e. The van der Waals surface area contributed by atoms with Crippen LogP contribution < -0.4 is 5.73 Å². The Kier molecular flexibility index (Phi) is 1.64. The number of hydrogen-bond acceptors (Lipinski definition) is 2. The average Bonchev–Trinajstić information content (AvgIpc) is 2.72. The van der Waals surface area contributed by atoms with Crippen LogP contribution in [0.3, 0.4) is 0 Å². The summed E-state index contributed by atoms with van der Waals surface area (Å²) in [5.41, 5.74) is 9.14. The summed E-state index contributed by atoms with van der Waals surface area (Å²) < 4.78 is 0. The van der Waals surface area contributed by atoms with Crippen molar-refractivity contribution < 1.29 is 4.79 Å². The molecule has 1 fully saturated rings. The van der Waals surface area contributed by atoms with Gasteiger partial charge in [0.2, 0.25) is 7.85 Å². The molecule has 0 spiro atoms. The van der Waals surface area contributed by atoms with Gasteiger partial charge >= 0.3 is 0 Å². The maximum atomic E-state index is 11.6. The van der Waals surface area contributed by atoms with Gasteiger partial charge in [-0.3, -0.25) is 4.79 Å². The summed E-state index contributed by atoms with van der Waals surface area (Å²) >= 11 is 0. The highest BCUT2D eigenvalue weighted by atomic mass is 16.2. The first-order valence-corrected chi connectivity index (χ1v) is 5.36. The Bertz CT molecular complexity index is 446. The normalized spacial score (nSPS) is 26.8. The maximum Gasteiger partial charge on any atom is 0.215 e. The minimum absolute atomic E-state index is 0.178. The molecule has 2 aliphatic heterocycles. The molecule has 2 bridgehead atoms. The van der Waals surface area contributed by atoms with Crippen molar-refractivity contribution in [2.75, 3.05) is 5.73 Å². The number of nitrogens with two attached hydrogens (primary N) is 1. The summed E-state index contributed by atoms with van der Waals surface area (Å²) in [6.45, 7) is 0. The van der Waals surface area contributed by atoms with Crippen molar-refractivity contribution in [2.45, 2.75) is 24.9 Å². The van der Waals surface area contributed by atoms with Gasteiger partial charge in [-0.2, -0.15) is 0 Å². The number of nitrogens with zero attached hydrogens (tertiary/aromatic N) is 1. The van der Waals surface area contributed by atoms with Crippen LogP contribution in [-0.4, -0.2) is 18.6 Å². The van der Waals surface area contributed by atoms with E-state index in [1.165, 1.54) is 11.1 Å². The molecule has 0 aliphatic carbocycles. The highest BCUT2D eigenvalue weighted by Crippen LogP contribution is 2.53. The molecule has 1 aromatic rings. The van der Waals surface area contributed by atoms with Crippen LogP contribution in [0.2, 0.25) is 0 Å². The molecule has 1 saturated heterocycles. The standard InChI is InChI=1S/C11H13BN2O/c12-11(15)14-9-3-4-10(14)8-5-6(13)1-2-7(8)9/h1-2,5,9-10H,3-4,12-13H2. The van der Waals surface area contributed by atoms with E-state index in [-0.39, 0.29) is 11.8 Å². The lowest BCUT2D eigenvalue weighted by Crippen LogP contribution is -2.26. The molecule has 2 unspecified atom stereocenters. The third kappa shape index (κ3) is 1.05. The molecule has 3 rings (SSSR count). The summed E-state index contributed by atoms with van der Waals surface area (Å²) in [6, 6.07) is 6.62. The Morgan fingerprint density at radius 1 is 1.33 bits per heavy atom. The first kappa shape index (κ1) is 8.83. The van der Waals surface area contributed by atoms with E-state index >= 15 is 0 Å². The highest BCUT2D eigenvalue weighted by Gasteiger charge is 2.44. The summed E-state index contributed by atoms with van der Waals surface area (Å²) in [6.07, 6.45) is 2.18. The number of benzene rings is 1. The second kappa shape index (κ2) is 2.78. The Morgan fingerprint density at radius 3 is 2.67 bits per heavy atom. The minimum atomic E-state index is 0.178. The van der Waals surface area contributed by atoms with Gasteiger partial charge in [-0.05, 0) is 36.1 Å². The van der Waals surface area contributed by atoms with E-state index in [0.29, 0.717) is 6.04 Å². The van der Waals surface area contributed by atoms with E-state index in [1.54, 1.807) is 7.85 Å². The first-order valence-electron chi connectivity index (χ1n) is 5.36. The van der Waals surface area contributed by atoms with E-state index in [1.807, 2.05) is 17.0 Å². The Balaban J connectivity index is 2.13. The highest BCUT2D eigenvalue weighted by molar-refractivity contribution is 6.57. The van der Waals surface area contributed by atoms with E-state index < -0.39 is 0 Å². The summed E-state index contributed by atoms with van der Waals surface area (Å²) in [5.74, 6) is 0.178. The number of anilines is 1. The molecule has 76 valence electrons. The Labute approximate surface area is 89.7 Å². The van der Waals surface area contributed by atoms with E-state index in [9.17, 15) is 4.79 Å². The van der Waals surface area contributed by atoms with Crippen LogP contribution in [0.4, 0.5) is 10.5 Å². The lowest BCUT2D eigenvalue weighted by Gasteiger charge is -2.20. The number of carbonyl (C=O) groups is 1. The first-order chi connectivity index (χ1) is 7.18. The summed E-state index contributed by atoms with van der Waals surface area (Å²) in [4.78, 5) is 13.6. The predicted octanol–water partition coefficient (Wildman–Crippen LogP) is 1.21. The van der Waals surface area contributed by atoms with Crippen molar-refractivity contribution in [3.63, 3.8) is 0 Å². The number of hydrogen-bond donors (Lipinski definition) is 1. The van der Waals surface area contributed by atoms with Crippen LogP contribution >= 0.6 is 0 Å². The number of nitrogen functional groups attached to an aromatic ring is 1. The van der Waals surface area contributed by atoms with E-state index in [2.05, 4.69) is 6.07 Å². The zero-order chi connectivity index (χ0) is 10.6. The quantitative estimate of drug-likeness (QED) is 0.505. The minimum Gasteiger partial charge on any atom is -0.399 e. The third-order valence-electron chi connectivity index (χ3n) is 3.58. The monoisotopic (exact) mass is 200 g/mol. The molecule has 0 saturated carbocycles. The molecule has 2 N–H and O–H groups in total. The molecule has 4 heteroatoms. The lowest BCUT2D eigenvalue weighted by atomic mass is 9.91. The third-order valence-corrected chi connectivity index (χ3v) is 3.58. The predicted molar refractivity (Wildman–Crippen MR) is 61.3 cm³/mol. The van der Waals surface area contributed by atoms with Crippen LogP contribution in [0.25, 0.3) is 0 Å².